The van der Waals surface area contributed by atoms with Crippen molar-refractivity contribution >= 4 is 38.5 Å². The van der Waals surface area contributed by atoms with Crippen LogP contribution >= 0.6 is 11.3 Å². The van der Waals surface area contributed by atoms with Crippen molar-refractivity contribution in [3.63, 3.8) is 0 Å². The number of nitrogens with one attached hydrogen (secondary N) is 1. The lowest BCUT2D eigenvalue weighted by atomic mass is 10.2. The summed E-state index contributed by atoms with van der Waals surface area (Å²) in [5, 5.41) is 3.42. The van der Waals surface area contributed by atoms with E-state index in [1.807, 2.05) is 18.2 Å². The molecule has 0 bridgehead atoms. The Kier molecular flexibility index (Phi) is 3.31. The molecule has 2 amide bonds. The molecule has 7 heteroatoms. The van der Waals surface area contributed by atoms with Crippen LogP contribution in [0.25, 0.3) is 10.2 Å². The maximum absolute atomic E-state index is 11.8. The molecular weight excluding hydrogens is 300 g/mol. The van der Waals surface area contributed by atoms with Crippen molar-refractivity contribution in [3.8, 4) is 0 Å². The number of amides is 2. The lowest BCUT2D eigenvalue weighted by Crippen LogP contribution is -2.52. The summed E-state index contributed by atoms with van der Waals surface area (Å²) in [6, 6.07) is 7.85. The van der Waals surface area contributed by atoms with E-state index in [2.05, 4.69) is 26.2 Å². The lowest BCUT2D eigenvalue weighted by molar-refractivity contribution is -0.126. The van der Waals surface area contributed by atoms with Gasteiger partial charge in [-0.1, -0.05) is 23.5 Å². The predicted octanol–water partition coefficient (Wildman–Crippen LogP) is 0.833. The van der Waals surface area contributed by atoms with Gasteiger partial charge in [0.15, 0.2) is 5.13 Å². The first kappa shape index (κ1) is 13.7. The highest BCUT2D eigenvalue weighted by Crippen LogP contribution is 2.29. The number of piperazine rings is 1. The first-order valence-electron chi connectivity index (χ1n) is 7.39. The average Bonchev–Trinajstić information content (AvgIpc) is 3.10. The van der Waals surface area contributed by atoms with E-state index in [9.17, 15) is 9.59 Å². The van der Waals surface area contributed by atoms with E-state index in [0.717, 1.165) is 36.8 Å². The summed E-state index contributed by atoms with van der Waals surface area (Å²) in [6.45, 7) is 3.22. The molecule has 1 aromatic heterocycles. The van der Waals surface area contributed by atoms with Crippen molar-refractivity contribution in [1.82, 2.24) is 15.2 Å². The van der Waals surface area contributed by atoms with Crippen molar-refractivity contribution in [3.05, 3.63) is 24.3 Å². The van der Waals surface area contributed by atoms with Crippen LogP contribution in [0.1, 0.15) is 6.42 Å². The molecule has 4 rings (SSSR count). The van der Waals surface area contributed by atoms with Crippen LogP contribution in [0, 0.1) is 0 Å². The van der Waals surface area contributed by atoms with Gasteiger partial charge in [0, 0.05) is 26.2 Å². The van der Waals surface area contributed by atoms with Gasteiger partial charge in [-0.3, -0.25) is 19.8 Å². The van der Waals surface area contributed by atoms with Crippen molar-refractivity contribution in [2.45, 2.75) is 12.5 Å². The summed E-state index contributed by atoms with van der Waals surface area (Å²) in [6.07, 6.45) is 0.292. The smallest absolute Gasteiger partial charge is 0.244 e. The molecule has 0 spiro atoms. The number of hydrogen-bond donors (Lipinski definition) is 1. The SMILES string of the molecule is O=C1CC(N2CCN(c3nc4ccccc4s3)CC2)C(=O)N1. The van der Waals surface area contributed by atoms with Gasteiger partial charge in [0.25, 0.3) is 0 Å². The number of fused-ring (bicyclic) bond motifs is 1. The van der Waals surface area contributed by atoms with Crippen LogP contribution in [-0.4, -0.2) is 53.9 Å². The number of anilines is 1. The average molecular weight is 316 g/mol. The second-order valence-corrected chi connectivity index (χ2v) is 6.63. The molecule has 1 aromatic carbocycles. The third kappa shape index (κ3) is 2.36. The quantitative estimate of drug-likeness (QED) is 0.832. The minimum atomic E-state index is -0.287. The van der Waals surface area contributed by atoms with Crippen LogP contribution in [0.15, 0.2) is 24.3 Å². The number of imide groups is 1. The fraction of sp³-hybridized carbons (Fsp3) is 0.400. The minimum Gasteiger partial charge on any atom is -0.345 e. The number of benzene rings is 1. The Labute approximate surface area is 131 Å². The molecule has 2 aliphatic heterocycles. The number of aromatic nitrogens is 1. The molecule has 22 heavy (non-hydrogen) atoms. The van der Waals surface area contributed by atoms with Gasteiger partial charge in [0.1, 0.15) is 0 Å². The largest absolute Gasteiger partial charge is 0.345 e. The summed E-state index contributed by atoms with van der Waals surface area (Å²) in [5.41, 5.74) is 1.03. The zero-order valence-corrected chi connectivity index (χ0v) is 12.8. The number of para-hydroxylation sites is 1. The zero-order valence-electron chi connectivity index (χ0n) is 12.0. The zero-order chi connectivity index (χ0) is 15.1. The van der Waals surface area contributed by atoms with Crippen molar-refractivity contribution < 1.29 is 9.59 Å². The number of carbonyl (C=O) groups is 2. The van der Waals surface area contributed by atoms with E-state index < -0.39 is 0 Å². The van der Waals surface area contributed by atoms with E-state index >= 15 is 0 Å². The maximum Gasteiger partial charge on any atom is 0.244 e. The summed E-state index contributed by atoms with van der Waals surface area (Å²) >= 11 is 1.70. The fourth-order valence-corrected chi connectivity index (χ4v) is 4.07. The van der Waals surface area contributed by atoms with Crippen LogP contribution in [0.4, 0.5) is 5.13 Å². The van der Waals surface area contributed by atoms with Gasteiger partial charge in [-0.25, -0.2) is 4.98 Å². The third-order valence-corrected chi connectivity index (χ3v) is 5.35. The van der Waals surface area contributed by atoms with E-state index in [-0.39, 0.29) is 17.9 Å². The van der Waals surface area contributed by atoms with Crippen molar-refractivity contribution in [2.24, 2.45) is 0 Å². The predicted molar refractivity (Wildman–Crippen MR) is 85.0 cm³/mol. The summed E-state index contributed by atoms with van der Waals surface area (Å²) in [4.78, 5) is 32.1. The summed E-state index contributed by atoms with van der Waals surface area (Å²) in [7, 11) is 0. The number of rotatable bonds is 2. The van der Waals surface area contributed by atoms with Gasteiger partial charge in [-0.15, -0.1) is 0 Å². The van der Waals surface area contributed by atoms with E-state index in [0.29, 0.717) is 6.42 Å². The fourth-order valence-electron chi connectivity index (χ4n) is 3.06. The van der Waals surface area contributed by atoms with Gasteiger partial charge in [0.2, 0.25) is 11.8 Å². The first-order chi connectivity index (χ1) is 10.7. The van der Waals surface area contributed by atoms with Crippen LogP contribution in [0.3, 0.4) is 0 Å². The number of hydrogen-bond acceptors (Lipinski definition) is 6. The van der Waals surface area contributed by atoms with E-state index in [4.69, 9.17) is 0 Å². The standard InChI is InChI=1S/C15H16N4O2S/c20-13-9-11(14(21)17-13)18-5-7-19(8-6-18)15-16-10-3-1-2-4-12(10)22-15/h1-4,11H,5-9H2,(H,17,20,21). The molecule has 1 atom stereocenters. The summed E-state index contributed by atoms with van der Waals surface area (Å²) in [5.74, 6) is -0.318. The normalized spacial score (nSPS) is 23.3. The first-order valence-corrected chi connectivity index (χ1v) is 8.20. The van der Waals surface area contributed by atoms with Gasteiger partial charge < -0.3 is 4.90 Å². The highest BCUT2D eigenvalue weighted by molar-refractivity contribution is 7.22. The number of thiazole rings is 1. The molecule has 2 aliphatic rings. The van der Waals surface area contributed by atoms with Gasteiger partial charge in [-0.05, 0) is 12.1 Å². The molecule has 2 aromatic rings. The Hall–Kier alpha value is -1.99. The lowest BCUT2D eigenvalue weighted by Gasteiger charge is -2.36. The van der Waals surface area contributed by atoms with Gasteiger partial charge in [-0.2, -0.15) is 0 Å². The molecule has 1 N–H and O–H groups in total. The Bertz CT molecular complexity index is 703. The Morgan fingerprint density at radius 3 is 2.59 bits per heavy atom. The maximum atomic E-state index is 11.8. The minimum absolute atomic E-state index is 0.154. The van der Waals surface area contributed by atoms with E-state index in [1.165, 1.54) is 4.70 Å². The monoisotopic (exact) mass is 316 g/mol. The van der Waals surface area contributed by atoms with Crippen LogP contribution in [0.5, 0.6) is 0 Å². The Balaban J connectivity index is 1.45. The molecule has 2 saturated heterocycles. The molecule has 0 aliphatic carbocycles. The topological polar surface area (TPSA) is 65.5 Å². The molecule has 6 nitrogen and oxygen atoms in total. The number of nitrogens with zero attached hydrogens (tertiary/aromatic N) is 3. The van der Waals surface area contributed by atoms with Gasteiger partial charge >= 0.3 is 0 Å². The Morgan fingerprint density at radius 2 is 1.91 bits per heavy atom. The highest BCUT2D eigenvalue weighted by atomic mass is 32.1. The molecule has 0 saturated carbocycles. The van der Waals surface area contributed by atoms with E-state index in [1.54, 1.807) is 11.3 Å². The van der Waals surface area contributed by atoms with Gasteiger partial charge in [0.05, 0.1) is 22.7 Å². The molecule has 3 heterocycles. The van der Waals surface area contributed by atoms with Crippen molar-refractivity contribution in [2.75, 3.05) is 31.1 Å². The Morgan fingerprint density at radius 1 is 1.14 bits per heavy atom. The van der Waals surface area contributed by atoms with Crippen LogP contribution in [0.2, 0.25) is 0 Å². The van der Waals surface area contributed by atoms with Crippen LogP contribution in [-0.2, 0) is 9.59 Å². The number of carbonyl (C=O) groups excluding carboxylic acids is 2. The summed E-state index contributed by atoms with van der Waals surface area (Å²) < 4.78 is 1.20. The molecular formula is C15H16N4O2S. The molecule has 0 radical (unpaired) electrons. The second-order valence-electron chi connectivity index (χ2n) is 5.62. The van der Waals surface area contributed by atoms with Crippen molar-refractivity contribution in [1.29, 1.82) is 0 Å². The highest BCUT2D eigenvalue weighted by Gasteiger charge is 2.36. The third-order valence-electron chi connectivity index (χ3n) is 4.25. The second kappa shape index (κ2) is 5.33. The molecule has 2 fully saturated rings. The van der Waals surface area contributed by atoms with Crippen LogP contribution < -0.4 is 10.2 Å². The molecule has 1 unspecified atom stereocenters. The molecule has 114 valence electrons.